The molecule has 0 fully saturated rings. The molecule has 0 N–H and O–H groups in total. The van der Waals surface area contributed by atoms with Gasteiger partial charge in [0, 0.05) is 36.7 Å². The zero-order chi connectivity index (χ0) is 9.97. The van der Waals surface area contributed by atoms with E-state index in [2.05, 4.69) is 17.0 Å². The number of hydrogen-bond donors (Lipinski definition) is 0. The van der Waals surface area contributed by atoms with E-state index in [1.54, 1.807) is 0 Å². The second-order valence-electron chi connectivity index (χ2n) is 3.70. The molecule has 0 amide bonds. The van der Waals surface area contributed by atoms with Gasteiger partial charge >= 0.3 is 0 Å². The minimum Gasteiger partial charge on any atom is -0.352 e. The quantitative estimate of drug-likeness (QED) is 0.762. The van der Waals surface area contributed by atoms with Gasteiger partial charge in [-0.15, -0.1) is 0 Å². The summed E-state index contributed by atoms with van der Waals surface area (Å²) in [6, 6.07) is 0. The summed E-state index contributed by atoms with van der Waals surface area (Å²) in [5, 5.41) is 0. The maximum Gasteiger partial charge on any atom is 0.164 e. The van der Waals surface area contributed by atoms with E-state index in [-0.39, 0.29) is 0 Å². The molecule has 76 valence electrons. The molecule has 0 spiro atoms. The van der Waals surface area contributed by atoms with Crippen LogP contribution < -0.4 is 0 Å². The first-order chi connectivity index (χ1) is 6.81. The molecule has 0 aromatic carbocycles. The number of hydrogen-bond acceptors (Lipinski definition) is 2. The first-order valence-corrected chi connectivity index (χ1v) is 6.41. The van der Waals surface area contributed by atoms with Gasteiger partial charge in [-0.1, -0.05) is 0 Å². The van der Waals surface area contributed by atoms with Crippen molar-refractivity contribution in [2.45, 2.75) is 25.8 Å². The molecule has 0 atom stereocenters. The second-order valence-corrected chi connectivity index (χ2v) is 4.69. The highest BCUT2D eigenvalue weighted by Crippen LogP contribution is 2.22. The number of carbonyl (C=O) groups excluding carboxylic acids is 1. The van der Waals surface area contributed by atoms with Crippen LogP contribution in [0.4, 0.5) is 0 Å². The lowest BCUT2D eigenvalue weighted by Gasteiger charge is -2.07. The van der Waals surface area contributed by atoms with E-state index < -0.39 is 0 Å². The van der Waals surface area contributed by atoms with E-state index in [0.717, 1.165) is 37.1 Å². The SMILES string of the molecule is CSCCn1cc2c(c1)C(=O)CCC2. The molecule has 1 aliphatic rings. The first-order valence-electron chi connectivity index (χ1n) is 5.02. The summed E-state index contributed by atoms with van der Waals surface area (Å²) in [5.74, 6) is 1.44. The molecule has 1 aromatic rings. The number of carbonyl (C=O) groups is 1. The van der Waals surface area contributed by atoms with Gasteiger partial charge in [-0.2, -0.15) is 11.8 Å². The van der Waals surface area contributed by atoms with E-state index in [0.29, 0.717) is 5.78 Å². The van der Waals surface area contributed by atoms with Gasteiger partial charge in [-0.05, 0) is 24.7 Å². The van der Waals surface area contributed by atoms with Crippen LogP contribution in [0.2, 0.25) is 0 Å². The number of nitrogens with zero attached hydrogens (tertiary/aromatic N) is 1. The normalized spacial score (nSPS) is 15.6. The van der Waals surface area contributed by atoms with Crippen LogP contribution in [0.1, 0.15) is 28.8 Å². The molecule has 1 aromatic heterocycles. The van der Waals surface area contributed by atoms with Crippen LogP contribution in [0.5, 0.6) is 0 Å². The van der Waals surface area contributed by atoms with Gasteiger partial charge in [0.05, 0.1) is 0 Å². The Labute approximate surface area is 88.7 Å². The Bertz CT molecular complexity index is 343. The maximum absolute atomic E-state index is 11.6. The minimum atomic E-state index is 0.328. The lowest BCUT2D eigenvalue weighted by Crippen LogP contribution is -2.07. The molecule has 3 heteroatoms. The minimum absolute atomic E-state index is 0.328. The van der Waals surface area contributed by atoms with Crippen molar-refractivity contribution in [1.82, 2.24) is 4.57 Å². The van der Waals surface area contributed by atoms with E-state index >= 15 is 0 Å². The predicted molar refractivity (Wildman–Crippen MR) is 60.1 cm³/mol. The van der Waals surface area contributed by atoms with Crippen molar-refractivity contribution in [3.8, 4) is 0 Å². The number of fused-ring (bicyclic) bond motifs is 1. The lowest BCUT2D eigenvalue weighted by atomic mass is 9.95. The molecule has 1 heterocycles. The summed E-state index contributed by atoms with van der Waals surface area (Å²) in [4.78, 5) is 11.6. The zero-order valence-electron chi connectivity index (χ0n) is 8.45. The highest BCUT2D eigenvalue weighted by molar-refractivity contribution is 7.98. The highest BCUT2D eigenvalue weighted by Gasteiger charge is 2.18. The molecular formula is C11H15NOS. The van der Waals surface area contributed by atoms with Crippen molar-refractivity contribution in [1.29, 1.82) is 0 Å². The fourth-order valence-electron chi connectivity index (χ4n) is 1.91. The summed E-state index contributed by atoms with van der Waals surface area (Å²) in [6.45, 7) is 1.02. The monoisotopic (exact) mass is 209 g/mol. The Morgan fingerprint density at radius 3 is 3.00 bits per heavy atom. The fraction of sp³-hybridized carbons (Fsp3) is 0.545. The van der Waals surface area contributed by atoms with Crippen LogP contribution >= 0.6 is 11.8 Å². The highest BCUT2D eigenvalue weighted by atomic mass is 32.2. The van der Waals surface area contributed by atoms with Gasteiger partial charge in [-0.3, -0.25) is 4.79 Å². The number of aryl methyl sites for hydroxylation is 2. The lowest BCUT2D eigenvalue weighted by molar-refractivity contribution is 0.0973. The Balaban J connectivity index is 2.17. The number of aromatic nitrogens is 1. The molecule has 1 aliphatic carbocycles. The zero-order valence-corrected chi connectivity index (χ0v) is 9.27. The third-order valence-electron chi connectivity index (χ3n) is 2.67. The number of thioether (sulfide) groups is 1. The van der Waals surface area contributed by atoms with Gasteiger partial charge in [-0.25, -0.2) is 0 Å². The van der Waals surface area contributed by atoms with Gasteiger partial charge in [0.1, 0.15) is 0 Å². The van der Waals surface area contributed by atoms with Crippen LogP contribution in [-0.4, -0.2) is 22.4 Å². The van der Waals surface area contributed by atoms with Crippen LogP contribution in [-0.2, 0) is 13.0 Å². The topological polar surface area (TPSA) is 22.0 Å². The van der Waals surface area contributed by atoms with E-state index in [1.165, 1.54) is 5.56 Å². The Kier molecular flexibility index (Phi) is 2.96. The van der Waals surface area contributed by atoms with Crippen LogP contribution in [0.3, 0.4) is 0 Å². The standard InChI is InChI=1S/C11H15NOS/c1-14-6-5-12-7-9-3-2-4-11(13)10(9)8-12/h7-8H,2-6H2,1H3. The van der Waals surface area contributed by atoms with Crippen molar-refractivity contribution < 1.29 is 4.79 Å². The fourth-order valence-corrected chi connectivity index (χ4v) is 2.30. The Morgan fingerprint density at radius 1 is 1.43 bits per heavy atom. The summed E-state index contributed by atoms with van der Waals surface area (Å²) in [6.07, 6.45) is 9.11. The number of ketones is 1. The molecule has 0 saturated carbocycles. The van der Waals surface area contributed by atoms with Crippen LogP contribution in [0.15, 0.2) is 12.4 Å². The molecule has 0 aliphatic heterocycles. The summed E-state index contributed by atoms with van der Waals surface area (Å²) in [5.41, 5.74) is 2.22. The van der Waals surface area contributed by atoms with Crippen LogP contribution in [0, 0.1) is 0 Å². The Morgan fingerprint density at radius 2 is 2.29 bits per heavy atom. The summed E-state index contributed by atoms with van der Waals surface area (Å²) < 4.78 is 2.16. The van der Waals surface area contributed by atoms with E-state index in [9.17, 15) is 4.79 Å². The van der Waals surface area contributed by atoms with Crippen molar-refractivity contribution in [3.63, 3.8) is 0 Å². The average molecular weight is 209 g/mol. The Hall–Kier alpha value is -0.700. The van der Waals surface area contributed by atoms with Gasteiger partial charge in [0.25, 0.3) is 0 Å². The van der Waals surface area contributed by atoms with Gasteiger partial charge in [0.15, 0.2) is 5.78 Å². The maximum atomic E-state index is 11.6. The van der Waals surface area contributed by atoms with Crippen molar-refractivity contribution in [2.24, 2.45) is 0 Å². The first kappa shape index (κ1) is 9.84. The van der Waals surface area contributed by atoms with Crippen molar-refractivity contribution in [3.05, 3.63) is 23.5 Å². The van der Waals surface area contributed by atoms with E-state index in [4.69, 9.17) is 0 Å². The molecule has 0 bridgehead atoms. The molecular weight excluding hydrogens is 194 g/mol. The molecule has 2 nitrogen and oxygen atoms in total. The smallest absolute Gasteiger partial charge is 0.164 e. The van der Waals surface area contributed by atoms with Crippen molar-refractivity contribution >= 4 is 17.5 Å². The number of rotatable bonds is 3. The number of Topliss-reactive ketones (excluding diaryl/α,β-unsaturated/α-hetero) is 1. The van der Waals surface area contributed by atoms with Crippen molar-refractivity contribution in [2.75, 3.05) is 12.0 Å². The third-order valence-corrected chi connectivity index (χ3v) is 3.26. The average Bonchev–Trinajstić information content (AvgIpc) is 2.59. The van der Waals surface area contributed by atoms with Gasteiger partial charge in [0.2, 0.25) is 0 Å². The molecule has 0 saturated heterocycles. The van der Waals surface area contributed by atoms with Crippen LogP contribution in [0.25, 0.3) is 0 Å². The third kappa shape index (κ3) is 1.87. The molecule has 0 unspecified atom stereocenters. The molecule has 14 heavy (non-hydrogen) atoms. The van der Waals surface area contributed by atoms with Gasteiger partial charge < -0.3 is 4.57 Å². The molecule has 0 radical (unpaired) electrons. The largest absolute Gasteiger partial charge is 0.352 e. The molecule has 2 rings (SSSR count). The second kappa shape index (κ2) is 4.22. The predicted octanol–water partition coefficient (Wildman–Crippen LogP) is 2.37. The van der Waals surface area contributed by atoms with E-state index in [1.807, 2.05) is 18.0 Å². The summed E-state index contributed by atoms with van der Waals surface area (Å²) in [7, 11) is 0. The summed E-state index contributed by atoms with van der Waals surface area (Å²) >= 11 is 1.84.